The van der Waals surface area contributed by atoms with E-state index in [9.17, 15) is 8.78 Å². The summed E-state index contributed by atoms with van der Waals surface area (Å²) in [5.41, 5.74) is 2.73. The molecule has 0 radical (unpaired) electrons. The molecule has 0 aromatic heterocycles. The molecule has 0 amide bonds. The van der Waals surface area contributed by atoms with E-state index < -0.39 is 11.6 Å². The number of fused-ring (bicyclic) bond motifs is 1. The predicted octanol–water partition coefficient (Wildman–Crippen LogP) is 3.16. The van der Waals surface area contributed by atoms with E-state index in [4.69, 9.17) is 0 Å². The number of hydrogen-bond acceptors (Lipinski definition) is 1. The molecule has 17 heavy (non-hydrogen) atoms. The van der Waals surface area contributed by atoms with E-state index in [0.29, 0.717) is 5.56 Å². The quantitative estimate of drug-likeness (QED) is 0.795. The largest absolute Gasteiger partial charge is 0.302 e. The molecule has 1 atom stereocenters. The van der Waals surface area contributed by atoms with Gasteiger partial charge in [-0.3, -0.25) is 0 Å². The van der Waals surface area contributed by atoms with Gasteiger partial charge in [-0.1, -0.05) is 30.3 Å². The molecule has 1 N–H and O–H groups in total. The molecule has 3 heteroatoms. The molecule has 1 unspecified atom stereocenters. The Labute approximate surface area is 98.1 Å². The summed E-state index contributed by atoms with van der Waals surface area (Å²) in [6.07, 6.45) is 0. The number of benzene rings is 2. The maximum absolute atomic E-state index is 13.7. The molecule has 86 valence electrons. The highest BCUT2D eigenvalue weighted by molar-refractivity contribution is 5.41. The van der Waals surface area contributed by atoms with E-state index in [-0.39, 0.29) is 6.04 Å². The standard InChI is InChI=1S/C14H11F2N/c15-10-5-6-12(13(16)7-10)14-11-4-2-1-3-9(11)8-17-14/h1-7,14,17H,8H2. The number of rotatable bonds is 1. The molecule has 1 aliphatic rings. The van der Waals surface area contributed by atoms with Gasteiger partial charge in [0.15, 0.2) is 0 Å². The number of halogens is 2. The second-order valence-corrected chi connectivity index (χ2v) is 4.18. The van der Waals surface area contributed by atoms with Crippen LogP contribution in [-0.4, -0.2) is 0 Å². The van der Waals surface area contributed by atoms with Crippen LogP contribution in [-0.2, 0) is 6.54 Å². The first-order valence-corrected chi connectivity index (χ1v) is 5.52. The summed E-state index contributed by atoms with van der Waals surface area (Å²) in [5.74, 6) is -1.04. The second kappa shape index (κ2) is 3.93. The van der Waals surface area contributed by atoms with Crippen LogP contribution in [0.3, 0.4) is 0 Å². The van der Waals surface area contributed by atoms with Crippen LogP contribution in [0, 0.1) is 11.6 Å². The van der Waals surface area contributed by atoms with E-state index in [2.05, 4.69) is 5.32 Å². The fraction of sp³-hybridized carbons (Fsp3) is 0.143. The van der Waals surface area contributed by atoms with Crippen LogP contribution in [0.15, 0.2) is 42.5 Å². The van der Waals surface area contributed by atoms with Crippen LogP contribution in [0.5, 0.6) is 0 Å². The summed E-state index contributed by atoms with van der Waals surface area (Å²) < 4.78 is 26.6. The Morgan fingerprint density at radius 3 is 2.65 bits per heavy atom. The van der Waals surface area contributed by atoms with Crippen molar-refractivity contribution in [2.24, 2.45) is 0 Å². The van der Waals surface area contributed by atoms with Crippen molar-refractivity contribution in [1.82, 2.24) is 5.32 Å². The summed E-state index contributed by atoms with van der Waals surface area (Å²) >= 11 is 0. The third-order valence-corrected chi connectivity index (χ3v) is 3.14. The van der Waals surface area contributed by atoms with E-state index in [0.717, 1.165) is 18.2 Å². The lowest BCUT2D eigenvalue weighted by Crippen LogP contribution is -2.14. The van der Waals surface area contributed by atoms with Crippen LogP contribution < -0.4 is 5.32 Å². The molecular weight excluding hydrogens is 220 g/mol. The molecule has 0 saturated carbocycles. The van der Waals surface area contributed by atoms with Crippen molar-refractivity contribution >= 4 is 0 Å². The Morgan fingerprint density at radius 2 is 1.82 bits per heavy atom. The lowest BCUT2D eigenvalue weighted by atomic mass is 9.98. The van der Waals surface area contributed by atoms with Crippen LogP contribution in [0.25, 0.3) is 0 Å². The van der Waals surface area contributed by atoms with Crippen LogP contribution in [0.1, 0.15) is 22.7 Å². The van der Waals surface area contributed by atoms with Crippen molar-refractivity contribution in [2.75, 3.05) is 0 Å². The first-order valence-electron chi connectivity index (χ1n) is 5.52. The van der Waals surface area contributed by atoms with Crippen molar-refractivity contribution in [3.8, 4) is 0 Å². The molecule has 0 bridgehead atoms. The summed E-state index contributed by atoms with van der Waals surface area (Å²) in [4.78, 5) is 0. The van der Waals surface area contributed by atoms with Gasteiger partial charge in [0, 0.05) is 18.2 Å². The molecule has 0 saturated heterocycles. The maximum atomic E-state index is 13.7. The van der Waals surface area contributed by atoms with Gasteiger partial charge in [-0.15, -0.1) is 0 Å². The highest BCUT2D eigenvalue weighted by Crippen LogP contribution is 2.32. The van der Waals surface area contributed by atoms with Gasteiger partial charge in [0.25, 0.3) is 0 Å². The predicted molar refractivity (Wildman–Crippen MR) is 61.5 cm³/mol. The second-order valence-electron chi connectivity index (χ2n) is 4.18. The monoisotopic (exact) mass is 231 g/mol. The normalized spacial score (nSPS) is 18.1. The number of nitrogens with one attached hydrogen (secondary N) is 1. The van der Waals surface area contributed by atoms with E-state index in [1.165, 1.54) is 17.7 Å². The Kier molecular flexibility index (Phi) is 2.41. The average molecular weight is 231 g/mol. The fourth-order valence-corrected chi connectivity index (χ4v) is 2.31. The zero-order chi connectivity index (χ0) is 11.8. The van der Waals surface area contributed by atoms with Crippen LogP contribution in [0.2, 0.25) is 0 Å². The average Bonchev–Trinajstić information content (AvgIpc) is 2.73. The molecule has 1 heterocycles. The van der Waals surface area contributed by atoms with Gasteiger partial charge in [-0.2, -0.15) is 0 Å². The zero-order valence-electron chi connectivity index (χ0n) is 9.08. The minimum atomic E-state index is -0.544. The van der Waals surface area contributed by atoms with Gasteiger partial charge in [-0.25, -0.2) is 8.78 Å². The Bertz CT molecular complexity index is 566. The van der Waals surface area contributed by atoms with Gasteiger partial charge in [0.1, 0.15) is 11.6 Å². The summed E-state index contributed by atoms with van der Waals surface area (Å²) in [6, 6.07) is 11.4. The van der Waals surface area contributed by atoms with E-state index in [1.54, 1.807) is 0 Å². The van der Waals surface area contributed by atoms with Crippen molar-refractivity contribution < 1.29 is 8.78 Å². The van der Waals surface area contributed by atoms with Gasteiger partial charge in [-0.05, 0) is 17.2 Å². The SMILES string of the molecule is Fc1ccc(C2NCc3ccccc32)c(F)c1. The minimum absolute atomic E-state index is 0.174. The highest BCUT2D eigenvalue weighted by atomic mass is 19.1. The Morgan fingerprint density at radius 1 is 1.00 bits per heavy atom. The van der Waals surface area contributed by atoms with Crippen molar-refractivity contribution in [1.29, 1.82) is 0 Å². The first kappa shape index (κ1) is 10.4. The topological polar surface area (TPSA) is 12.0 Å². The van der Waals surface area contributed by atoms with Crippen molar-refractivity contribution in [2.45, 2.75) is 12.6 Å². The molecule has 2 aromatic rings. The summed E-state index contributed by atoms with van der Waals surface area (Å²) in [7, 11) is 0. The van der Waals surface area contributed by atoms with Crippen molar-refractivity contribution in [3.05, 3.63) is 70.8 Å². The van der Waals surface area contributed by atoms with Gasteiger partial charge < -0.3 is 5.32 Å². The fourth-order valence-electron chi connectivity index (χ4n) is 2.31. The Hall–Kier alpha value is -1.74. The van der Waals surface area contributed by atoms with Crippen molar-refractivity contribution in [3.63, 3.8) is 0 Å². The minimum Gasteiger partial charge on any atom is -0.302 e. The maximum Gasteiger partial charge on any atom is 0.131 e. The Balaban J connectivity index is 2.07. The lowest BCUT2D eigenvalue weighted by molar-refractivity contribution is 0.550. The molecule has 1 aliphatic heterocycles. The lowest BCUT2D eigenvalue weighted by Gasteiger charge is -2.13. The summed E-state index contributed by atoms with van der Waals surface area (Å²) in [5, 5.41) is 3.24. The third kappa shape index (κ3) is 1.72. The first-order chi connectivity index (χ1) is 8.25. The van der Waals surface area contributed by atoms with Gasteiger partial charge >= 0.3 is 0 Å². The highest BCUT2D eigenvalue weighted by Gasteiger charge is 2.25. The summed E-state index contributed by atoms with van der Waals surface area (Å²) in [6.45, 7) is 0.720. The molecule has 0 spiro atoms. The van der Waals surface area contributed by atoms with E-state index >= 15 is 0 Å². The zero-order valence-corrected chi connectivity index (χ0v) is 9.08. The van der Waals surface area contributed by atoms with Crippen LogP contribution in [0.4, 0.5) is 8.78 Å². The molecule has 2 aromatic carbocycles. The van der Waals surface area contributed by atoms with Gasteiger partial charge in [0.2, 0.25) is 0 Å². The van der Waals surface area contributed by atoms with Crippen LogP contribution >= 0.6 is 0 Å². The smallest absolute Gasteiger partial charge is 0.131 e. The molecule has 1 nitrogen and oxygen atoms in total. The molecule has 0 fully saturated rings. The molecular formula is C14H11F2N. The molecule has 3 rings (SSSR count). The molecule has 0 aliphatic carbocycles. The van der Waals surface area contributed by atoms with Gasteiger partial charge in [0.05, 0.1) is 6.04 Å². The third-order valence-electron chi connectivity index (χ3n) is 3.14. The van der Waals surface area contributed by atoms with E-state index in [1.807, 2.05) is 24.3 Å². The number of hydrogen-bond donors (Lipinski definition) is 1.